The third kappa shape index (κ3) is 5.29. The van der Waals surface area contributed by atoms with Crippen molar-refractivity contribution in [3.05, 3.63) is 17.0 Å². The minimum Gasteiger partial charge on any atom is -0.369 e. The molecule has 9 heteroatoms. The number of rotatable bonds is 5. The van der Waals surface area contributed by atoms with Crippen molar-refractivity contribution in [2.75, 3.05) is 18.4 Å². The fourth-order valence-electron chi connectivity index (χ4n) is 1.24. The van der Waals surface area contributed by atoms with E-state index in [1.54, 1.807) is 6.92 Å². The zero-order valence-corrected chi connectivity index (χ0v) is 10.8. The summed E-state index contributed by atoms with van der Waals surface area (Å²) in [6.07, 6.45) is -4.47. The van der Waals surface area contributed by atoms with E-state index in [-0.39, 0.29) is 24.7 Å². The van der Waals surface area contributed by atoms with Crippen LogP contribution < -0.4 is 10.6 Å². The molecule has 0 saturated carbocycles. The first kappa shape index (κ1) is 15.5. The Morgan fingerprint density at radius 2 is 2.11 bits per heavy atom. The number of carbonyl (C=O) groups is 1. The van der Waals surface area contributed by atoms with Gasteiger partial charge in [0.1, 0.15) is 5.82 Å². The molecule has 0 radical (unpaired) electrons. The fraction of sp³-hybridized carbons (Fsp3) is 0.500. The van der Waals surface area contributed by atoms with Gasteiger partial charge in [0.15, 0.2) is 5.69 Å². The molecule has 0 aliphatic rings. The van der Waals surface area contributed by atoms with Gasteiger partial charge in [0.05, 0.1) is 0 Å². The molecule has 0 aromatic carbocycles. The molecule has 19 heavy (non-hydrogen) atoms. The van der Waals surface area contributed by atoms with Crippen LogP contribution in [0.25, 0.3) is 0 Å². The van der Waals surface area contributed by atoms with Crippen LogP contribution >= 0.6 is 11.6 Å². The Bertz CT molecular complexity index is 453. The Labute approximate surface area is 112 Å². The molecule has 0 atom stereocenters. The van der Waals surface area contributed by atoms with Gasteiger partial charge in [-0.1, -0.05) is 0 Å². The monoisotopic (exact) mass is 296 g/mol. The van der Waals surface area contributed by atoms with Crippen molar-refractivity contribution < 1.29 is 18.0 Å². The summed E-state index contributed by atoms with van der Waals surface area (Å²) in [4.78, 5) is 17.8. The number of halogens is 4. The van der Waals surface area contributed by atoms with Crippen LogP contribution in [0.1, 0.15) is 19.0 Å². The van der Waals surface area contributed by atoms with E-state index in [4.69, 9.17) is 11.6 Å². The molecular weight excluding hydrogens is 285 g/mol. The van der Waals surface area contributed by atoms with Gasteiger partial charge in [0.2, 0.25) is 11.2 Å². The van der Waals surface area contributed by atoms with Crippen molar-refractivity contribution in [2.24, 2.45) is 0 Å². The third-order valence-corrected chi connectivity index (χ3v) is 2.19. The summed E-state index contributed by atoms with van der Waals surface area (Å²) in [6.45, 7) is 2.41. The van der Waals surface area contributed by atoms with E-state index in [1.807, 2.05) is 0 Å². The maximum atomic E-state index is 12.5. The van der Waals surface area contributed by atoms with Gasteiger partial charge in [0.25, 0.3) is 0 Å². The standard InChI is InChI=1S/C10H12ClF3N4O/c1-2-15-8(19)3-4-16-7-5-6(10(12,13)14)17-9(11)18-7/h5H,2-4H2,1H3,(H,15,19)(H,16,17,18). The van der Waals surface area contributed by atoms with Gasteiger partial charge in [-0.25, -0.2) is 9.97 Å². The number of alkyl halides is 3. The zero-order chi connectivity index (χ0) is 14.5. The van der Waals surface area contributed by atoms with E-state index in [1.165, 1.54) is 0 Å². The first-order chi connectivity index (χ1) is 8.82. The second-order valence-electron chi connectivity index (χ2n) is 3.54. The molecule has 106 valence electrons. The highest BCUT2D eigenvalue weighted by molar-refractivity contribution is 6.28. The van der Waals surface area contributed by atoms with Gasteiger partial charge in [-0.2, -0.15) is 13.2 Å². The lowest BCUT2D eigenvalue weighted by atomic mass is 10.3. The summed E-state index contributed by atoms with van der Waals surface area (Å²) in [5.41, 5.74) is -1.13. The first-order valence-electron chi connectivity index (χ1n) is 5.45. The average Bonchev–Trinajstić information content (AvgIpc) is 2.27. The van der Waals surface area contributed by atoms with E-state index < -0.39 is 17.2 Å². The fourth-order valence-corrected chi connectivity index (χ4v) is 1.43. The molecule has 0 fully saturated rings. The molecule has 1 heterocycles. The van der Waals surface area contributed by atoms with E-state index >= 15 is 0 Å². The van der Waals surface area contributed by atoms with Crippen LogP contribution in [-0.4, -0.2) is 29.0 Å². The smallest absolute Gasteiger partial charge is 0.369 e. The van der Waals surface area contributed by atoms with Crippen LogP contribution in [0.3, 0.4) is 0 Å². The molecule has 0 aliphatic carbocycles. The summed E-state index contributed by atoms with van der Waals surface area (Å²) in [7, 11) is 0. The van der Waals surface area contributed by atoms with Crippen molar-refractivity contribution >= 4 is 23.3 Å². The van der Waals surface area contributed by atoms with Gasteiger partial charge in [0, 0.05) is 25.6 Å². The average molecular weight is 297 g/mol. The van der Waals surface area contributed by atoms with Crippen LogP contribution in [0.2, 0.25) is 5.28 Å². The molecule has 0 spiro atoms. The minimum atomic E-state index is -4.59. The van der Waals surface area contributed by atoms with Crippen LogP contribution in [0.5, 0.6) is 0 Å². The van der Waals surface area contributed by atoms with Crippen LogP contribution in [0.4, 0.5) is 19.0 Å². The molecule has 2 N–H and O–H groups in total. The third-order valence-electron chi connectivity index (χ3n) is 2.02. The Hall–Kier alpha value is -1.57. The van der Waals surface area contributed by atoms with Crippen LogP contribution in [0.15, 0.2) is 6.07 Å². The zero-order valence-electron chi connectivity index (χ0n) is 10.0. The number of aromatic nitrogens is 2. The van der Waals surface area contributed by atoms with Crippen molar-refractivity contribution in [2.45, 2.75) is 19.5 Å². The second-order valence-corrected chi connectivity index (χ2v) is 3.87. The lowest BCUT2D eigenvalue weighted by molar-refractivity contribution is -0.141. The predicted octanol–water partition coefficient (Wildman–Crippen LogP) is 2.09. The lowest BCUT2D eigenvalue weighted by Gasteiger charge is -2.09. The number of amides is 1. The normalized spacial score (nSPS) is 11.2. The molecular formula is C10H12ClF3N4O. The SMILES string of the molecule is CCNC(=O)CCNc1cc(C(F)(F)F)nc(Cl)n1. The number of hydrogen-bond donors (Lipinski definition) is 2. The molecule has 1 amide bonds. The number of nitrogens with one attached hydrogen (secondary N) is 2. The number of carbonyl (C=O) groups excluding carboxylic acids is 1. The maximum absolute atomic E-state index is 12.5. The number of anilines is 1. The Morgan fingerprint density at radius 1 is 1.42 bits per heavy atom. The van der Waals surface area contributed by atoms with E-state index in [2.05, 4.69) is 20.6 Å². The maximum Gasteiger partial charge on any atom is 0.433 e. The Balaban J connectivity index is 2.64. The number of nitrogens with zero attached hydrogens (tertiary/aromatic N) is 2. The van der Waals surface area contributed by atoms with E-state index in [9.17, 15) is 18.0 Å². The molecule has 0 bridgehead atoms. The van der Waals surface area contributed by atoms with Crippen LogP contribution in [0, 0.1) is 0 Å². The molecule has 1 rings (SSSR count). The highest BCUT2D eigenvalue weighted by Crippen LogP contribution is 2.29. The first-order valence-corrected chi connectivity index (χ1v) is 5.83. The summed E-state index contributed by atoms with van der Waals surface area (Å²) < 4.78 is 37.4. The van der Waals surface area contributed by atoms with Gasteiger partial charge in [-0.05, 0) is 18.5 Å². The highest BCUT2D eigenvalue weighted by Gasteiger charge is 2.33. The summed E-state index contributed by atoms with van der Waals surface area (Å²) >= 11 is 5.41. The van der Waals surface area contributed by atoms with Gasteiger partial charge < -0.3 is 10.6 Å². The summed E-state index contributed by atoms with van der Waals surface area (Å²) in [6, 6.07) is 0.740. The molecule has 1 aromatic heterocycles. The highest BCUT2D eigenvalue weighted by atomic mass is 35.5. The molecule has 0 unspecified atom stereocenters. The van der Waals surface area contributed by atoms with Crippen molar-refractivity contribution in [1.82, 2.24) is 15.3 Å². The van der Waals surface area contributed by atoms with Crippen molar-refractivity contribution in [1.29, 1.82) is 0 Å². The summed E-state index contributed by atoms with van der Waals surface area (Å²) in [5.74, 6) is -0.275. The van der Waals surface area contributed by atoms with E-state index in [0.717, 1.165) is 6.07 Å². The van der Waals surface area contributed by atoms with Gasteiger partial charge in [-0.3, -0.25) is 4.79 Å². The van der Waals surface area contributed by atoms with Crippen molar-refractivity contribution in [3.63, 3.8) is 0 Å². The molecule has 0 aliphatic heterocycles. The second kappa shape index (κ2) is 6.55. The number of hydrogen-bond acceptors (Lipinski definition) is 4. The molecule has 1 aromatic rings. The van der Waals surface area contributed by atoms with Crippen LogP contribution in [-0.2, 0) is 11.0 Å². The minimum absolute atomic E-state index is 0.0726. The summed E-state index contributed by atoms with van der Waals surface area (Å²) in [5, 5.41) is 4.65. The largest absolute Gasteiger partial charge is 0.433 e. The Morgan fingerprint density at radius 3 is 2.68 bits per heavy atom. The Kier molecular flexibility index (Phi) is 5.34. The van der Waals surface area contributed by atoms with Gasteiger partial charge in [-0.15, -0.1) is 0 Å². The van der Waals surface area contributed by atoms with Gasteiger partial charge >= 0.3 is 6.18 Å². The molecule has 0 saturated heterocycles. The quantitative estimate of drug-likeness (QED) is 0.817. The molecule has 5 nitrogen and oxygen atoms in total. The predicted molar refractivity (Wildman–Crippen MR) is 63.8 cm³/mol. The lowest BCUT2D eigenvalue weighted by Crippen LogP contribution is -2.25. The topological polar surface area (TPSA) is 66.9 Å². The van der Waals surface area contributed by atoms with E-state index in [0.29, 0.717) is 6.54 Å². The van der Waals surface area contributed by atoms with Crippen molar-refractivity contribution in [3.8, 4) is 0 Å².